The second-order valence-corrected chi connectivity index (χ2v) is 10.8. The van der Waals surface area contributed by atoms with Crippen molar-refractivity contribution in [2.75, 3.05) is 25.2 Å². The number of para-hydroxylation sites is 1. The maximum absolute atomic E-state index is 13.7. The molecule has 0 radical (unpaired) electrons. The molecule has 0 unspecified atom stereocenters. The number of nitrogens with two attached hydrogens (primary N) is 1. The average Bonchev–Trinajstić information content (AvgIpc) is 3.17. The molecule has 10 heteroatoms. The van der Waals surface area contributed by atoms with E-state index in [0.29, 0.717) is 26.9 Å². The molecule has 0 saturated carbocycles. The highest BCUT2D eigenvalue weighted by Gasteiger charge is 2.40. The van der Waals surface area contributed by atoms with Crippen molar-refractivity contribution in [1.29, 1.82) is 0 Å². The van der Waals surface area contributed by atoms with Gasteiger partial charge in [-0.1, -0.05) is 29.5 Å². The molecule has 1 aliphatic heterocycles. The summed E-state index contributed by atoms with van der Waals surface area (Å²) in [6.07, 6.45) is 4.60. The Kier molecular flexibility index (Phi) is 8.75. The average molecular weight is 526 g/mol. The highest BCUT2D eigenvalue weighted by Crippen LogP contribution is 2.44. The van der Waals surface area contributed by atoms with Gasteiger partial charge >= 0.3 is 0 Å². The van der Waals surface area contributed by atoms with Gasteiger partial charge in [0.25, 0.3) is 5.91 Å². The van der Waals surface area contributed by atoms with Gasteiger partial charge in [-0.2, -0.15) is 0 Å². The number of anilines is 1. The lowest BCUT2D eigenvalue weighted by molar-refractivity contribution is -0.130. The maximum atomic E-state index is 13.7. The van der Waals surface area contributed by atoms with E-state index in [4.69, 9.17) is 10.5 Å². The molecule has 2 heterocycles. The predicted octanol–water partition coefficient (Wildman–Crippen LogP) is 3.78. The number of hydrogen-bond acceptors (Lipinski definition) is 7. The molecule has 1 aromatic carbocycles. The first kappa shape index (κ1) is 27.9. The zero-order valence-corrected chi connectivity index (χ0v) is 23.0. The van der Waals surface area contributed by atoms with E-state index in [-0.39, 0.29) is 43.4 Å². The van der Waals surface area contributed by atoms with Gasteiger partial charge in [0.15, 0.2) is 0 Å². The molecule has 0 aliphatic carbocycles. The van der Waals surface area contributed by atoms with Crippen LogP contribution in [0.5, 0.6) is 5.75 Å². The van der Waals surface area contributed by atoms with Gasteiger partial charge in [0, 0.05) is 29.9 Å². The Morgan fingerprint density at radius 2 is 2.00 bits per heavy atom. The summed E-state index contributed by atoms with van der Waals surface area (Å²) in [5, 5.41) is 4.09. The Balaban J connectivity index is 2.01. The standard InChI is InChI=1S/C27H35N5O4S/c1-17(2)30-26(35)27(4,5)15-31-16-32(21(33)14-19-10-7-8-11-20(19)36-6)25-22(24(31)34)18(3)23(37-25)29-13-9-12-28/h7-13,17H,14-16,28H2,1-6H3,(H,30,35). The van der Waals surface area contributed by atoms with Gasteiger partial charge in [-0.15, -0.1) is 0 Å². The van der Waals surface area contributed by atoms with E-state index in [2.05, 4.69) is 10.3 Å². The third-order valence-electron chi connectivity index (χ3n) is 6.01. The van der Waals surface area contributed by atoms with E-state index >= 15 is 0 Å². The minimum absolute atomic E-state index is 0.0310. The summed E-state index contributed by atoms with van der Waals surface area (Å²) in [4.78, 5) is 47.8. The number of rotatable bonds is 9. The lowest BCUT2D eigenvalue weighted by Crippen LogP contribution is -2.54. The Morgan fingerprint density at radius 3 is 2.65 bits per heavy atom. The van der Waals surface area contributed by atoms with Gasteiger partial charge in [-0.05, 0) is 53.0 Å². The topological polar surface area (TPSA) is 117 Å². The van der Waals surface area contributed by atoms with E-state index < -0.39 is 5.41 Å². The van der Waals surface area contributed by atoms with Crippen LogP contribution in [0.15, 0.2) is 41.5 Å². The molecule has 0 spiro atoms. The van der Waals surface area contributed by atoms with E-state index in [1.165, 1.54) is 17.5 Å². The molecule has 198 valence electrons. The van der Waals surface area contributed by atoms with Crippen LogP contribution in [0, 0.1) is 12.3 Å². The summed E-state index contributed by atoms with van der Waals surface area (Å²) in [6.45, 7) is 9.36. The zero-order chi connectivity index (χ0) is 27.3. The lowest BCUT2D eigenvalue weighted by atomic mass is 9.90. The highest BCUT2D eigenvalue weighted by molar-refractivity contribution is 7.20. The molecular weight excluding hydrogens is 490 g/mol. The fourth-order valence-corrected chi connectivity index (χ4v) is 5.26. The summed E-state index contributed by atoms with van der Waals surface area (Å²) in [6, 6.07) is 7.32. The quantitative estimate of drug-likeness (QED) is 0.483. The molecule has 9 nitrogen and oxygen atoms in total. The number of nitrogens with zero attached hydrogens (tertiary/aromatic N) is 3. The normalized spacial score (nSPS) is 14.1. The van der Waals surface area contributed by atoms with Crippen LogP contribution in [0.2, 0.25) is 0 Å². The molecule has 0 atom stereocenters. The summed E-state index contributed by atoms with van der Waals surface area (Å²) < 4.78 is 5.43. The van der Waals surface area contributed by atoms with Crippen molar-refractivity contribution < 1.29 is 19.1 Å². The lowest BCUT2D eigenvalue weighted by Gasteiger charge is -2.39. The van der Waals surface area contributed by atoms with Crippen LogP contribution in [-0.4, -0.2) is 55.2 Å². The fourth-order valence-electron chi connectivity index (χ4n) is 4.10. The molecule has 3 amide bonds. The Hall–Kier alpha value is -3.66. The Labute approximate surface area is 222 Å². The number of methoxy groups -OCH3 is 1. The number of thiophene rings is 1. The molecule has 37 heavy (non-hydrogen) atoms. The third-order valence-corrected chi connectivity index (χ3v) is 7.23. The molecular formula is C27H35N5O4S. The number of fused-ring (bicyclic) bond motifs is 1. The van der Waals surface area contributed by atoms with Crippen molar-refractivity contribution in [2.24, 2.45) is 16.1 Å². The summed E-state index contributed by atoms with van der Waals surface area (Å²) in [5.74, 6) is 0.0419. The van der Waals surface area contributed by atoms with Crippen molar-refractivity contribution in [3.63, 3.8) is 0 Å². The number of nitrogens with one attached hydrogen (secondary N) is 1. The number of allylic oxidation sites excluding steroid dienone is 1. The van der Waals surface area contributed by atoms with Gasteiger partial charge in [0.2, 0.25) is 11.8 Å². The smallest absolute Gasteiger partial charge is 0.258 e. The number of carbonyl (C=O) groups is 3. The molecule has 3 N–H and O–H groups in total. The number of ether oxygens (including phenoxy) is 1. The molecule has 1 aromatic heterocycles. The van der Waals surface area contributed by atoms with Crippen LogP contribution in [0.1, 0.15) is 49.2 Å². The van der Waals surface area contributed by atoms with E-state index in [1.807, 2.05) is 45.0 Å². The maximum Gasteiger partial charge on any atom is 0.258 e. The van der Waals surface area contributed by atoms with Gasteiger partial charge < -0.3 is 20.7 Å². The first-order chi connectivity index (χ1) is 17.5. The van der Waals surface area contributed by atoms with Gasteiger partial charge in [-0.3, -0.25) is 19.3 Å². The monoisotopic (exact) mass is 525 g/mol. The number of hydrogen-bond donors (Lipinski definition) is 2. The summed E-state index contributed by atoms with van der Waals surface area (Å²) >= 11 is 1.28. The van der Waals surface area contributed by atoms with Crippen LogP contribution in [0.3, 0.4) is 0 Å². The van der Waals surface area contributed by atoms with Crippen LogP contribution in [0.4, 0.5) is 10.0 Å². The number of amides is 3. The van der Waals surface area contributed by atoms with Gasteiger partial charge in [-0.25, -0.2) is 4.99 Å². The highest BCUT2D eigenvalue weighted by atomic mass is 32.1. The first-order valence-electron chi connectivity index (χ1n) is 12.1. The predicted molar refractivity (Wildman–Crippen MR) is 148 cm³/mol. The van der Waals surface area contributed by atoms with Crippen LogP contribution < -0.4 is 20.7 Å². The largest absolute Gasteiger partial charge is 0.496 e. The number of carbonyl (C=O) groups excluding carboxylic acids is 3. The van der Waals surface area contributed by atoms with E-state index in [1.54, 1.807) is 43.0 Å². The van der Waals surface area contributed by atoms with Crippen molar-refractivity contribution in [2.45, 2.75) is 47.1 Å². The Morgan fingerprint density at radius 1 is 1.30 bits per heavy atom. The van der Waals surface area contributed by atoms with Crippen LogP contribution >= 0.6 is 11.3 Å². The summed E-state index contributed by atoms with van der Waals surface area (Å²) in [5.41, 5.74) is 6.39. The minimum Gasteiger partial charge on any atom is -0.496 e. The van der Waals surface area contributed by atoms with Crippen molar-refractivity contribution >= 4 is 45.3 Å². The van der Waals surface area contributed by atoms with Gasteiger partial charge in [0.1, 0.15) is 22.4 Å². The van der Waals surface area contributed by atoms with E-state index in [0.717, 1.165) is 5.56 Å². The molecule has 0 bridgehead atoms. The van der Waals surface area contributed by atoms with Crippen molar-refractivity contribution in [1.82, 2.24) is 10.2 Å². The molecule has 0 fully saturated rings. The second kappa shape index (κ2) is 11.6. The van der Waals surface area contributed by atoms with Crippen molar-refractivity contribution in [3.05, 3.63) is 53.2 Å². The van der Waals surface area contributed by atoms with Crippen molar-refractivity contribution in [3.8, 4) is 5.75 Å². The van der Waals surface area contributed by atoms with E-state index in [9.17, 15) is 14.4 Å². The van der Waals surface area contributed by atoms with Crippen LogP contribution in [0.25, 0.3) is 0 Å². The molecule has 0 saturated heterocycles. The minimum atomic E-state index is -0.869. The van der Waals surface area contributed by atoms with Gasteiger partial charge in [0.05, 0.1) is 24.5 Å². The van der Waals surface area contributed by atoms with Crippen LogP contribution in [-0.2, 0) is 16.0 Å². The number of aliphatic imine (C=N–C) groups is 1. The SMILES string of the molecule is COc1ccccc1CC(=O)N1CN(CC(C)(C)C(=O)NC(C)C)C(=O)c2c1sc(N=CC=CN)c2C. The third kappa shape index (κ3) is 6.19. The molecule has 3 rings (SSSR count). The molecule has 1 aliphatic rings. The zero-order valence-electron chi connectivity index (χ0n) is 22.2. The Bertz CT molecular complexity index is 1230. The number of benzene rings is 1. The molecule has 2 aromatic rings. The summed E-state index contributed by atoms with van der Waals surface area (Å²) in [7, 11) is 1.57. The second-order valence-electron chi connectivity index (χ2n) is 9.84. The first-order valence-corrected chi connectivity index (χ1v) is 12.9. The fraction of sp³-hybridized carbons (Fsp3) is 0.407.